The molecule has 17 heavy (non-hydrogen) atoms. The Hall–Kier alpha value is -2.08. The molecule has 0 spiro atoms. The highest BCUT2D eigenvalue weighted by Crippen LogP contribution is 2.16. The molecule has 5 N–H and O–H groups in total. The van der Waals surface area contributed by atoms with Crippen LogP contribution < -0.4 is 11.5 Å². The fourth-order valence-electron chi connectivity index (χ4n) is 1.51. The van der Waals surface area contributed by atoms with Gasteiger partial charge in [-0.15, -0.1) is 0 Å². The van der Waals surface area contributed by atoms with Crippen molar-refractivity contribution >= 4 is 23.3 Å². The molecule has 6 nitrogen and oxygen atoms in total. The first kappa shape index (κ1) is 11.4. The molecular weight excluding hydrogens is 242 g/mol. The molecule has 2 heterocycles. The molecule has 0 aliphatic carbocycles. The third-order valence-corrected chi connectivity index (χ3v) is 2.51. The van der Waals surface area contributed by atoms with E-state index in [1.165, 1.54) is 0 Å². The highest BCUT2D eigenvalue weighted by atomic mass is 35.5. The first-order chi connectivity index (χ1) is 8.08. The maximum absolute atomic E-state index is 11.2. The van der Waals surface area contributed by atoms with Crippen molar-refractivity contribution in [3.05, 3.63) is 40.3 Å². The van der Waals surface area contributed by atoms with Crippen molar-refractivity contribution in [3.8, 4) is 0 Å². The van der Waals surface area contributed by atoms with Gasteiger partial charge in [0.2, 0.25) is 0 Å². The number of primary amides is 1. The van der Waals surface area contributed by atoms with Gasteiger partial charge in [-0.3, -0.25) is 9.89 Å². The minimum absolute atomic E-state index is 0.106. The summed E-state index contributed by atoms with van der Waals surface area (Å²) in [6, 6.07) is 3.47. The van der Waals surface area contributed by atoms with Crippen LogP contribution in [0.5, 0.6) is 0 Å². The molecule has 0 unspecified atom stereocenters. The molecule has 0 aromatic carbocycles. The van der Waals surface area contributed by atoms with Gasteiger partial charge in [0.1, 0.15) is 10.7 Å². The maximum atomic E-state index is 11.2. The third kappa shape index (κ3) is 2.36. The largest absolute Gasteiger partial charge is 0.382 e. The van der Waals surface area contributed by atoms with E-state index in [9.17, 15) is 4.79 Å². The molecule has 2 aromatic heterocycles. The number of nitrogens with zero attached hydrogens (tertiary/aromatic N) is 2. The van der Waals surface area contributed by atoms with Gasteiger partial charge in [-0.1, -0.05) is 17.7 Å². The Morgan fingerprint density at radius 2 is 2.24 bits per heavy atom. The van der Waals surface area contributed by atoms with Gasteiger partial charge in [-0.25, -0.2) is 4.98 Å². The summed E-state index contributed by atoms with van der Waals surface area (Å²) in [6.45, 7) is 0. The standard InChI is InChI=1S/C10H10ClN5O/c11-7-2-1-5(4-14-7)3-6-8(10(13)17)9(12)16-15-6/h1-2,4H,3H2,(H2,13,17)(H3,12,15,16). The van der Waals surface area contributed by atoms with Gasteiger partial charge < -0.3 is 11.5 Å². The topological polar surface area (TPSA) is 111 Å². The van der Waals surface area contributed by atoms with Crippen LogP contribution in [0.3, 0.4) is 0 Å². The lowest BCUT2D eigenvalue weighted by Crippen LogP contribution is -2.14. The number of nitrogens with one attached hydrogen (secondary N) is 1. The number of hydrogen-bond acceptors (Lipinski definition) is 4. The Bertz CT molecular complexity index is 548. The number of nitrogen functional groups attached to an aromatic ring is 1. The molecule has 0 fully saturated rings. The number of rotatable bonds is 3. The predicted octanol–water partition coefficient (Wildman–Crippen LogP) is 0.730. The summed E-state index contributed by atoms with van der Waals surface area (Å²) in [4.78, 5) is 15.1. The van der Waals surface area contributed by atoms with Crippen LogP contribution in [0.25, 0.3) is 0 Å². The minimum Gasteiger partial charge on any atom is -0.382 e. The average molecular weight is 252 g/mol. The number of anilines is 1. The van der Waals surface area contributed by atoms with Crippen LogP contribution in [0.2, 0.25) is 5.15 Å². The van der Waals surface area contributed by atoms with Gasteiger partial charge in [0, 0.05) is 12.6 Å². The average Bonchev–Trinajstić information content (AvgIpc) is 2.63. The minimum atomic E-state index is -0.604. The molecule has 0 radical (unpaired) electrons. The Labute approximate surface area is 102 Å². The zero-order chi connectivity index (χ0) is 12.4. The van der Waals surface area contributed by atoms with Crippen molar-refractivity contribution in [3.63, 3.8) is 0 Å². The van der Waals surface area contributed by atoms with E-state index in [2.05, 4.69) is 15.2 Å². The number of hydrogen-bond donors (Lipinski definition) is 3. The van der Waals surface area contributed by atoms with E-state index in [0.717, 1.165) is 5.56 Å². The Morgan fingerprint density at radius 1 is 1.47 bits per heavy atom. The Morgan fingerprint density at radius 3 is 2.82 bits per heavy atom. The summed E-state index contributed by atoms with van der Waals surface area (Å²) >= 11 is 5.68. The van der Waals surface area contributed by atoms with E-state index in [1.807, 2.05) is 0 Å². The summed E-state index contributed by atoms with van der Waals surface area (Å²) < 4.78 is 0. The van der Waals surface area contributed by atoms with Gasteiger partial charge in [0.25, 0.3) is 5.91 Å². The van der Waals surface area contributed by atoms with Crippen molar-refractivity contribution < 1.29 is 4.79 Å². The zero-order valence-corrected chi connectivity index (χ0v) is 9.53. The smallest absolute Gasteiger partial charge is 0.254 e. The highest BCUT2D eigenvalue weighted by molar-refractivity contribution is 6.29. The molecule has 0 saturated heterocycles. The molecule has 88 valence electrons. The molecule has 0 atom stereocenters. The second kappa shape index (κ2) is 4.42. The monoisotopic (exact) mass is 251 g/mol. The molecule has 7 heteroatoms. The van der Waals surface area contributed by atoms with Crippen LogP contribution in [-0.4, -0.2) is 21.1 Å². The number of halogens is 1. The zero-order valence-electron chi connectivity index (χ0n) is 8.77. The molecule has 0 bridgehead atoms. The van der Waals surface area contributed by atoms with Crippen LogP contribution in [0.1, 0.15) is 21.6 Å². The number of nitrogens with two attached hydrogens (primary N) is 2. The predicted molar refractivity (Wildman–Crippen MR) is 63.6 cm³/mol. The number of aromatic amines is 1. The van der Waals surface area contributed by atoms with Crippen molar-refractivity contribution in [2.45, 2.75) is 6.42 Å². The molecule has 0 aliphatic rings. The normalized spacial score (nSPS) is 10.4. The van der Waals surface area contributed by atoms with Crippen LogP contribution in [0.4, 0.5) is 5.82 Å². The lowest BCUT2D eigenvalue weighted by Gasteiger charge is -2.01. The SMILES string of the molecule is NC(=O)c1c(N)n[nH]c1Cc1ccc(Cl)nc1. The third-order valence-electron chi connectivity index (χ3n) is 2.29. The van der Waals surface area contributed by atoms with E-state index in [-0.39, 0.29) is 11.4 Å². The first-order valence-electron chi connectivity index (χ1n) is 4.81. The van der Waals surface area contributed by atoms with Gasteiger partial charge in [0.05, 0.1) is 5.69 Å². The second-order valence-corrected chi connectivity index (χ2v) is 3.88. The van der Waals surface area contributed by atoms with E-state index in [4.69, 9.17) is 23.1 Å². The summed E-state index contributed by atoms with van der Waals surface area (Å²) in [5.41, 5.74) is 12.4. The van der Waals surface area contributed by atoms with Crippen LogP contribution in [-0.2, 0) is 6.42 Å². The van der Waals surface area contributed by atoms with Crippen LogP contribution in [0.15, 0.2) is 18.3 Å². The summed E-state index contributed by atoms with van der Waals surface area (Å²) in [6.07, 6.45) is 2.05. The Kier molecular flexibility index (Phi) is 2.97. The van der Waals surface area contributed by atoms with E-state index < -0.39 is 5.91 Å². The number of H-pyrrole nitrogens is 1. The second-order valence-electron chi connectivity index (χ2n) is 3.49. The van der Waals surface area contributed by atoms with Gasteiger partial charge in [0.15, 0.2) is 5.82 Å². The first-order valence-corrected chi connectivity index (χ1v) is 5.18. The number of aromatic nitrogens is 3. The Balaban J connectivity index is 2.30. The van der Waals surface area contributed by atoms with E-state index in [0.29, 0.717) is 17.3 Å². The number of pyridine rings is 1. The van der Waals surface area contributed by atoms with E-state index in [1.54, 1.807) is 18.3 Å². The summed E-state index contributed by atoms with van der Waals surface area (Å²) in [5.74, 6) is -0.498. The van der Waals surface area contributed by atoms with Gasteiger partial charge in [-0.05, 0) is 11.6 Å². The molecule has 2 rings (SSSR count). The van der Waals surface area contributed by atoms with Gasteiger partial charge >= 0.3 is 0 Å². The molecule has 1 amide bonds. The van der Waals surface area contributed by atoms with Crippen LogP contribution >= 0.6 is 11.6 Å². The van der Waals surface area contributed by atoms with Crippen molar-refractivity contribution in [1.82, 2.24) is 15.2 Å². The molecule has 0 aliphatic heterocycles. The highest BCUT2D eigenvalue weighted by Gasteiger charge is 2.16. The van der Waals surface area contributed by atoms with Crippen molar-refractivity contribution in [2.24, 2.45) is 5.73 Å². The lowest BCUT2D eigenvalue weighted by atomic mass is 10.1. The quantitative estimate of drug-likeness (QED) is 0.698. The molecule has 2 aromatic rings. The molecular formula is C10H10ClN5O. The number of amides is 1. The maximum Gasteiger partial charge on any atom is 0.254 e. The lowest BCUT2D eigenvalue weighted by molar-refractivity contribution is 0.100. The van der Waals surface area contributed by atoms with Crippen molar-refractivity contribution in [1.29, 1.82) is 0 Å². The summed E-state index contributed by atoms with van der Waals surface area (Å²) in [5, 5.41) is 6.85. The number of carbonyl (C=O) groups excluding carboxylic acids is 1. The fraction of sp³-hybridized carbons (Fsp3) is 0.100. The van der Waals surface area contributed by atoms with Crippen molar-refractivity contribution in [2.75, 3.05) is 5.73 Å². The summed E-state index contributed by atoms with van der Waals surface area (Å²) in [7, 11) is 0. The fourth-order valence-corrected chi connectivity index (χ4v) is 1.62. The van der Waals surface area contributed by atoms with Gasteiger partial charge in [-0.2, -0.15) is 5.10 Å². The van der Waals surface area contributed by atoms with E-state index >= 15 is 0 Å². The van der Waals surface area contributed by atoms with Crippen LogP contribution in [0, 0.1) is 0 Å². The molecule has 0 saturated carbocycles. The number of carbonyl (C=O) groups is 1.